The lowest BCUT2D eigenvalue weighted by molar-refractivity contribution is 0.0908. The van der Waals surface area contributed by atoms with E-state index in [-0.39, 0.29) is 12.0 Å². The molecule has 1 aliphatic rings. The summed E-state index contributed by atoms with van der Waals surface area (Å²) in [6.45, 7) is 2.57. The first-order valence-electron chi connectivity index (χ1n) is 7.53. The highest BCUT2D eigenvalue weighted by Gasteiger charge is 2.29. The summed E-state index contributed by atoms with van der Waals surface area (Å²) in [6.07, 6.45) is 3.50. The van der Waals surface area contributed by atoms with Crippen molar-refractivity contribution in [2.75, 3.05) is 6.61 Å². The quantitative estimate of drug-likeness (QED) is 0.936. The van der Waals surface area contributed by atoms with Crippen LogP contribution in [0.4, 0.5) is 0 Å². The van der Waals surface area contributed by atoms with Gasteiger partial charge in [0, 0.05) is 5.56 Å². The smallest absolute Gasteiger partial charge is 0.232 e. The molecule has 2 atom stereocenters. The van der Waals surface area contributed by atoms with E-state index in [1.165, 1.54) is 0 Å². The maximum atomic E-state index is 10.1. The van der Waals surface area contributed by atoms with E-state index in [2.05, 4.69) is 10.1 Å². The van der Waals surface area contributed by atoms with Crippen LogP contribution in [0.5, 0.6) is 5.75 Å². The number of hydrogen-bond acceptors (Lipinski definition) is 5. The molecule has 5 nitrogen and oxygen atoms in total. The van der Waals surface area contributed by atoms with Crippen LogP contribution in [0, 0.1) is 0 Å². The predicted molar refractivity (Wildman–Crippen MR) is 78.1 cm³/mol. The van der Waals surface area contributed by atoms with Crippen molar-refractivity contribution in [3.8, 4) is 17.1 Å². The lowest BCUT2D eigenvalue weighted by Gasteiger charge is -2.24. The molecule has 0 bridgehead atoms. The van der Waals surface area contributed by atoms with Gasteiger partial charge in [0.05, 0.1) is 18.6 Å². The summed E-state index contributed by atoms with van der Waals surface area (Å²) < 4.78 is 10.8. The van der Waals surface area contributed by atoms with Gasteiger partial charge in [-0.15, -0.1) is 0 Å². The molecular formula is C16H20N2O3. The molecule has 1 heterocycles. The van der Waals surface area contributed by atoms with Crippen LogP contribution in [-0.4, -0.2) is 28.0 Å². The van der Waals surface area contributed by atoms with Crippen LogP contribution in [0.25, 0.3) is 11.4 Å². The molecule has 1 aromatic carbocycles. The summed E-state index contributed by atoms with van der Waals surface area (Å²) >= 11 is 0. The van der Waals surface area contributed by atoms with Crippen molar-refractivity contribution in [1.29, 1.82) is 0 Å². The van der Waals surface area contributed by atoms with Gasteiger partial charge in [-0.2, -0.15) is 4.98 Å². The van der Waals surface area contributed by atoms with Crippen molar-refractivity contribution in [3.63, 3.8) is 0 Å². The van der Waals surface area contributed by atoms with Crippen LogP contribution in [0.15, 0.2) is 28.8 Å². The van der Waals surface area contributed by atoms with Crippen LogP contribution in [0.3, 0.4) is 0 Å². The van der Waals surface area contributed by atoms with E-state index in [0.29, 0.717) is 18.3 Å². The minimum atomic E-state index is -0.373. The first-order chi connectivity index (χ1) is 10.3. The largest absolute Gasteiger partial charge is 0.494 e. The summed E-state index contributed by atoms with van der Waals surface area (Å²) in [5.74, 6) is 1.84. The van der Waals surface area contributed by atoms with Gasteiger partial charge in [-0.3, -0.25) is 0 Å². The van der Waals surface area contributed by atoms with Crippen molar-refractivity contribution >= 4 is 0 Å². The molecule has 1 fully saturated rings. The number of rotatable bonds is 4. The van der Waals surface area contributed by atoms with Crippen molar-refractivity contribution in [1.82, 2.24) is 10.1 Å². The topological polar surface area (TPSA) is 68.4 Å². The van der Waals surface area contributed by atoms with Gasteiger partial charge in [0.15, 0.2) is 0 Å². The third kappa shape index (κ3) is 3.08. The van der Waals surface area contributed by atoms with Crippen LogP contribution < -0.4 is 4.74 Å². The summed E-state index contributed by atoms with van der Waals surface area (Å²) in [7, 11) is 0. The zero-order valence-corrected chi connectivity index (χ0v) is 12.2. The van der Waals surface area contributed by atoms with Crippen LogP contribution in [0.2, 0.25) is 0 Å². The Hall–Kier alpha value is -1.88. The van der Waals surface area contributed by atoms with E-state index in [0.717, 1.165) is 37.0 Å². The Bertz CT molecular complexity index is 597. The molecule has 112 valence electrons. The lowest BCUT2D eigenvalue weighted by atomic mass is 9.86. The lowest BCUT2D eigenvalue weighted by Crippen LogP contribution is -2.22. The van der Waals surface area contributed by atoms with Gasteiger partial charge >= 0.3 is 0 Å². The molecule has 5 heteroatoms. The SMILES string of the molecule is CCOc1cccc(-c2noc(C3CCCCC3O)n2)c1. The van der Waals surface area contributed by atoms with Gasteiger partial charge in [0.25, 0.3) is 0 Å². The summed E-state index contributed by atoms with van der Waals surface area (Å²) in [5.41, 5.74) is 0.862. The molecule has 1 aromatic heterocycles. The second-order valence-corrected chi connectivity index (χ2v) is 5.38. The third-order valence-electron chi connectivity index (χ3n) is 3.89. The van der Waals surface area contributed by atoms with E-state index >= 15 is 0 Å². The Morgan fingerprint density at radius 3 is 3.00 bits per heavy atom. The predicted octanol–water partition coefficient (Wildman–Crippen LogP) is 3.15. The van der Waals surface area contributed by atoms with E-state index < -0.39 is 0 Å². The zero-order chi connectivity index (χ0) is 14.7. The van der Waals surface area contributed by atoms with Crippen LogP contribution in [0.1, 0.15) is 44.4 Å². The maximum Gasteiger partial charge on any atom is 0.232 e. The second-order valence-electron chi connectivity index (χ2n) is 5.38. The van der Waals surface area contributed by atoms with Gasteiger partial charge in [-0.1, -0.05) is 30.1 Å². The average Bonchev–Trinajstić information content (AvgIpc) is 2.98. The number of nitrogens with zero attached hydrogens (tertiary/aromatic N) is 2. The normalized spacial score (nSPS) is 22.2. The fraction of sp³-hybridized carbons (Fsp3) is 0.500. The molecule has 3 rings (SSSR count). The Morgan fingerprint density at radius 2 is 2.19 bits per heavy atom. The van der Waals surface area contributed by atoms with E-state index in [1.54, 1.807) is 0 Å². The van der Waals surface area contributed by atoms with Crippen molar-refractivity contribution in [2.45, 2.75) is 44.6 Å². The maximum absolute atomic E-state index is 10.1. The third-order valence-corrected chi connectivity index (χ3v) is 3.89. The summed E-state index contributed by atoms with van der Waals surface area (Å²) in [4.78, 5) is 4.46. The fourth-order valence-electron chi connectivity index (χ4n) is 2.79. The number of ether oxygens (including phenoxy) is 1. The Labute approximate surface area is 123 Å². The Kier molecular flexibility index (Phi) is 4.20. The van der Waals surface area contributed by atoms with E-state index in [1.807, 2.05) is 31.2 Å². The monoisotopic (exact) mass is 288 g/mol. The molecule has 2 aromatic rings. The zero-order valence-electron chi connectivity index (χ0n) is 12.2. The van der Waals surface area contributed by atoms with Gasteiger partial charge < -0.3 is 14.4 Å². The first-order valence-corrected chi connectivity index (χ1v) is 7.53. The standard InChI is InChI=1S/C16H20N2O3/c1-2-20-12-7-5-6-11(10-12)15-17-16(21-18-15)13-8-3-4-9-14(13)19/h5-7,10,13-14,19H,2-4,8-9H2,1H3. The molecule has 0 amide bonds. The number of aromatic nitrogens is 2. The second kappa shape index (κ2) is 6.26. The molecular weight excluding hydrogens is 268 g/mol. The van der Waals surface area contributed by atoms with Crippen molar-refractivity contribution in [2.24, 2.45) is 0 Å². The molecule has 2 unspecified atom stereocenters. The molecule has 0 radical (unpaired) electrons. The van der Waals surface area contributed by atoms with Gasteiger partial charge in [0.1, 0.15) is 5.75 Å². The van der Waals surface area contributed by atoms with Crippen LogP contribution in [-0.2, 0) is 0 Å². The Morgan fingerprint density at radius 1 is 1.33 bits per heavy atom. The van der Waals surface area contributed by atoms with Gasteiger partial charge in [-0.25, -0.2) is 0 Å². The number of aliphatic hydroxyl groups excluding tert-OH is 1. The van der Waals surface area contributed by atoms with Gasteiger partial charge in [0.2, 0.25) is 11.7 Å². The number of hydrogen-bond donors (Lipinski definition) is 1. The van der Waals surface area contributed by atoms with Crippen LogP contribution >= 0.6 is 0 Å². The fourth-order valence-corrected chi connectivity index (χ4v) is 2.79. The molecule has 21 heavy (non-hydrogen) atoms. The summed E-state index contributed by atoms with van der Waals surface area (Å²) in [5, 5.41) is 14.1. The first kappa shape index (κ1) is 14.1. The average molecular weight is 288 g/mol. The number of benzene rings is 1. The summed E-state index contributed by atoms with van der Waals surface area (Å²) in [6, 6.07) is 7.63. The highest BCUT2D eigenvalue weighted by atomic mass is 16.5. The van der Waals surface area contributed by atoms with Gasteiger partial charge in [-0.05, 0) is 31.9 Å². The molecule has 0 aliphatic heterocycles. The van der Waals surface area contributed by atoms with E-state index in [9.17, 15) is 5.11 Å². The molecule has 1 N–H and O–H groups in total. The van der Waals surface area contributed by atoms with Crippen molar-refractivity contribution in [3.05, 3.63) is 30.2 Å². The molecule has 1 aliphatic carbocycles. The highest BCUT2D eigenvalue weighted by molar-refractivity contribution is 5.56. The minimum absolute atomic E-state index is 0.0323. The minimum Gasteiger partial charge on any atom is -0.494 e. The highest BCUT2D eigenvalue weighted by Crippen LogP contribution is 2.33. The van der Waals surface area contributed by atoms with Crippen molar-refractivity contribution < 1.29 is 14.4 Å². The molecule has 0 spiro atoms. The molecule has 0 saturated heterocycles. The molecule has 1 saturated carbocycles. The van der Waals surface area contributed by atoms with E-state index in [4.69, 9.17) is 9.26 Å². The Balaban J connectivity index is 1.82. The number of aliphatic hydroxyl groups is 1.